The maximum absolute atomic E-state index is 11.0. The highest BCUT2D eigenvalue weighted by Crippen LogP contribution is 2.35. The Labute approximate surface area is 137 Å². The molecule has 6 nitrogen and oxygen atoms in total. The fraction of sp³-hybridized carbons (Fsp3) is 0.125. The van der Waals surface area contributed by atoms with E-state index in [4.69, 9.17) is 14.9 Å². The van der Waals surface area contributed by atoms with Gasteiger partial charge in [0, 0.05) is 5.56 Å². The van der Waals surface area contributed by atoms with E-state index in [0.717, 1.165) is 0 Å². The molecule has 0 spiro atoms. The van der Waals surface area contributed by atoms with Crippen LogP contribution in [0.5, 0.6) is 11.5 Å². The average Bonchev–Trinajstić information content (AvgIpc) is 2.48. The van der Waals surface area contributed by atoms with Gasteiger partial charge in [-0.05, 0) is 35.4 Å². The summed E-state index contributed by atoms with van der Waals surface area (Å²) in [5.41, 5.74) is 1.81. The first kappa shape index (κ1) is 16.7. The third kappa shape index (κ3) is 4.40. The molecule has 0 saturated heterocycles. The summed E-state index contributed by atoms with van der Waals surface area (Å²) in [4.78, 5) is 21.6. The van der Waals surface area contributed by atoms with Crippen molar-refractivity contribution in [1.82, 2.24) is 0 Å². The lowest BCUT2D eigenvalue weighted by atomic mass is 10.00. The lowest BCUT2D eigenvalue weighted by Gasteiger charge is -2.13. The number of aryl methyl sites for hydroxylation is 1. The van der Waals surface area contributed by atoms with E-state index in [1.165, 1.54) is 12.1 Å². The van der Waals surface area contributed by atoms with Gasteiger partial charge < -0.3 is 19.7 Å². The van der Waals surface area contributed by atoms with E-state index in [1.54, 1.807) is 30.3 Å². The summed E-state index contributed by atoms with van der Waals surface area (Å²) in [5, 5.41) is 17.6. The summed E-state index contributed by atoms with van der Waals surface area (Å²) >= 11 is 4.16. The number of hydrogen-bond acceptors (Lipinski definition) is 5. The van der Waals surface area contributed by atoms with Gasteiger partial charge in [-0.15, -0.1) is 0 Å². The number of carbonyl (C=O) groups is 2. The summed E-state index contributed by atoms with van der Waals surface area (Å²) in [6, 6.07) is 11.5. The van der Waals surface area contributed by atoms with Gasteiger partial charge in [0.05, 0.1) is 0 Å². The van der Waals surface area contributed by atoms with Gasteiger partial charge in [-0.1, -0.05) is 30.3 Å². The van der Waals surface area contributed by atoms with Crippen LogP contribution < -0.4 is 9.47 Å². The van der Waals surface area contributed by atoms with Crippen LogP contribution in [0, 0.1) is 0 Å². The van der Waals surface area contributed by atoms with Gasteiger partial charge in [0.2, 0.25) is 0 Å². The molecule has 0 atom stereocenters. The Morgan fingerprint density at radius 2 is 1.70 bits per heavy atom. The largest absolute Gasteiger partial charge is 0.511 e. The van der Waals surface area contributed by atoms with Crippen molar-refractivity contribution in [1.29, 1.82) is 0 Å². The average molecular weight is 334 g/mol. The van der Waals surface area contributed by atoms with Gasteiger partial charge >= 0.3 is 12.3 Å². The highest BCUT2D eigenvalue weighted by molar-refractivity contribution is 7.80. The maximum Gasteiger partial charge on any atom is 0.511 e. The van der Waals surface area contributed by atoms with E-state index in [9.17, 15) is 9.59 Å². The second kappa shape index (κ2) is 7.55. The minimum Gasteiger partial charge on any atom is -0.449 e. The second-order valence-electron chi connectivity index (χ2n) is 4.53. The van der Waals surface area contributed by atoms with Gasteiger partial charge in [0.1, 0.15) is 11.5 Å². The molecule has 120 valence electrons. The Hall–Kier alpha value is -2.67. The van der Waals surface area contributed by atoms with Crippen LogP contribution in [0.3, 0.4) is 0 Å². The first-order valence-corrected chi connectivity index (χ1v) is 7.29. The first-order valence-electron chi connectivity index (χ1n) is 6.66. The zero-order valence-electron chi connectivity index (χ0n) is 11.9. The summed E-state index contributed by atoms with van der Waals surface area (Å²) in [5.74, 6) is 0.874. The first-order chi connectivity index (χ1) is 11.0. The molecule has 0 aliphatic carbocycles. The van der Waals surface area contributed by atoms with Crippen molar-refractivity contribution in [3.63, 3.8) is 0 Å². The van der Waals surface area contributed by atoms with Gasteiger partial charge in [0.25, 0.3) is 0 Å². The van der Waals surface area contributed by atoms with E-state index in [0.29, 0.717) is 28.9 Å². The van der Waals surface area contributed by atoms with Crippen LogP contribution in [0.2, 0.25) is 0 Å². The molecule has 0 aliphatic rings. The Morgan fingerprint density at radius 1 is 1.00 bits per heavy atom. The predicted octanol–water partition coefficient (Wildman–Crippen LogP) is 3.94. The van der Waals surface area contributed by atoms with Crippen molar-refractivity contribution in [2.24, 2.45) is 0 Å². The number of thiol groups is 1. The molecule has 0 bridgehead atoms. The summed E-state index contributed by atoms with van der Waals surface area (Å²) in [6.07, 6.45) is -2.31. The number of carboxylic acid groups (broad SMARTS) is 2. The maximum atomic E-state index is 11.0. The Kier molecular flexibility index (Phi) is 5.48. The molecule has 0 fully saturated rings. The van der Waals surface area contributed by atoms with Gasteiger partial charge in [0.15, 0.2) is 0 Å². The van der Waals surface area contributed by atoms with Crippen LogP contribution in [0.4, 0.5) is 9.59 Å². The highest BCUT2D eigenvalue weighted by atomic mass is 32.1. The molecule has 7 heteroatoms. The molecule has 2 aromatic rings. The van der Waals surface area contributed by atoms with Crippen molar-refractivity contribution in [2.75, 3.05) is 5.75 Å². The lowest BCUT2D eigenvalue weighted by molar-refractivity contribution is 0.143. The van der Waals surface area contributed by atoms with E-state index in [1.807, 2.05) is 0 Å². The van der Waals surface area contributed by atoms with Crippen LogP contribution in [-0.4, -0.2) is 28.3 Å². The topological polar surface area (TPSA) is 93.1 Å². The predicted molar refractivity (Wildman–Crippen MR) is 86.7 cm³/mol. The number of rotatable bonds is 5. The fourth-order valence-electron chi connectivity index (χ4n) is 2.17. The summed E-state index contributed by atoms with van der Waals surface area (Å²) < 4.78 is 9.55. The SMILES string of the molecule is O=C(O)Oc1cccc(-c2cccc(CCS)c2OC(=O)O)c1. The fourth-order valence-corrected chi connectivity index (χ4v) is 2.41. The third-order valence-corrected chi connectivity index (χ3v) is 3.24. The van der Waals surface area contributed by atoms with Gasteiger partial charge in [-0.25, -0.2) is 9.59 Å². The molecule has 0 aromatic heterocycles. The number of para-hydroxylation sites is 1. The summed E-state index contributed by atoms with van der Waals surface area (Å²) in [7, 11) is 0. The highest BCUT2D eigenvalue weighted by Gasteiger charge is 2.15. The Balaban J connectivity index is 2.51. The van der Waals surface area contributed by atoms with Crippen LogP contribution in [0.15, 0.2) is 42.5 Å². The molecule has 0 aliphatic heterocycles. The standard InChI is InChI=1S/C16H14O6S/c17-15(18)21-12-5-1-4-11(9-12)13-6-2-3-10(7-8-23)14(13)22-16(19)20/h1-6,9,23H,7-8H2,(H,17,18)(H,19,20). The third-order valence-electron chi connectivity index (χ3n) is 3.02. The Morgan fingerprint density at radius 3 is 2.35 bits per heavy atom. The van der Waals surface area contributed by atoms with Crippen molar-refractivity contribution in [3.05, 3.63) is 48.0 Å². The molecule has 2 N–H and O–H groups in total. The lowest BCUT2D eigenvalue weighted by Crippen LogP contribution is -2.07. The zero-order valence-corrected chi connectivity index (χ0v) is 12.8. The van der Waals surface area contributed by atoms with Crippen LogP contribution in [0.1, 0.15) is 5.56 Å². The van der Waals surface area contributed by atoms with Gasteiger partial charge in [-0.2, -0.15) is 12.6 Å². The number of hydrogen-bond donors (Lipinski definition) is 3. The molecule has 23 heavy (non-hydrogen) atoms. The Bertz CT molecular complexity index is 728. The minimum atomic E-state index is -1.42. The summed E-state index contributed by atoms with van der Waals surface area (Å²) in [6.45, 7) is 0. The monoisotopic (exact) mass is 334 g/mol. The molecule has 0 heterocycles. The number of ether oxygens (including phenoxy) is 2. The van der Waals surface area contributed by atoms with Crippen LogP contribution in [-0.2, 0) is 6.42 Å². The minimum absolute atomic E-state index is 0.135. The number of benzene rings is 2. The quantitative estimate of drug-likeness (QED) is 0.436. The molecule has 0 saturated carbocycles. The normalized spacial score (nSPS) is 10.1. The van der Waals surface area contributed by atoms with E-state index >= 15 is 0 Å². The zero-order chi connectivity index (χ0) is 16.8. The molecular formula is C16H14O6S. The van der Waals surface area contributed by atoms with Crippen molar-refractivity contribution in [3.8, 4) is 22.6 Å². The van der Waals surface area contributed by atoms with Gasteiger partial charge in [-0.3, -0.25) is 0 Å². The van der Waals surface area contributed by atoms with E-state index in [2.05, 4.69) is 17.4 Å². The smallest absolute Gasteiger partial charge is 0.449 e. The molecule has 0 unspecified atom stereocenters. The molecule has 2 rings (SSSR count). The van der Waals surface area contributed by atoms with E-state index in [-0.39, 0.29) is 11.5 Å². The van der Waals surface area contributed by atoms with Crippen LogP contribution >= 0.6 is 12.6 Å². The molecule has 0 radical (unpaired) electrons. The van der Waals surface area contributed by atoms with Crippen molar-refractivity contribution in [2.45, 2.75) is 6.42 Å². The second-order valence-corrected chi connectivity index (χ2v) is 4.98. The van der Waals surface area contributed by atoms with E-state index < -0.39 is 12.3 Å². The van der Waals surface area contributed by atoms with Crippen molar-refractivity contribution >= 4 is 24.9 Å². The van der Waals surface area contributed by atoms with Crippen LogP contribution in [0.25, 0.3) is 11.1 Å². The van der Waals surface area contributed by atoms with Crippen molar-refractivity contribution < 1.29 is 29.3 Å². The molecule has 2 aromatic carbocycles. The molecule has 0 amide bonds. The molecular weight excluding hydrogens is 320 g/mol.